The Labute approximate surface area is 198 Å². The Morgan fingerprint density at radius 1 is 1.09 bits per heavy atom. The van der Waals surface area contributed by atoms with E-state index in [1.807, 2.05) is 48.5 Å². The first kappa shape index (κ1) is 21.8. The number of carbonyl (C=O) groups is 2. The van der Waals surface area contributed by atoms with Gasteiger partial charge in [-0.3, -0.25) is 14.5 Å². The zero-order chi connectivity index (χ0) is 23.5. The molecule has 5 rings (SSSR count). The summed E-state index contributed by atoms with van der Waals surface area (Å²) >= 11 is 0. The second-order valence-corrected chi connectivity index (χ2v) is 8.45. The normalized spacial score (nSPS) is 18.0. The topological polar surface area (TPSA) is 67.9 Å². The molecule has 1 heterocycles. The minimum Gasteiger partial charge on any atom is -0.497 e. The number of hydrogen-bond donors (Lipinski definition) is 1. The van der Waals surface area contributed by atoms with Crippen LogP contribution in [-0.4, -0.2) is 25.5 Å². The minimum atomic E-state index is -0.353. The summed E-state index contributed by atoms with van der Waals surface area (Å²) < 4.78 is 11.1. The van der Waals surface area contributed by atoms with E-state index in [4.69, 9.17) is 9.47 Å². The third-order valence-electron chi connectivity index (χ3n) is 6.25. The van der Waals surface area contributed by atoms with E-state index in [2.05, 4.69) is 17.4 Å². The highest BCUT2D eigenvalue weighted by molar-refractivity contribution is 6.12. The van der Waals surface area contributed by atoms with E-state index in [0.29, 0.717) is 11.4 Å². The molecule has 0 saturated heterocycles. The van der Waals surface area contributed by atoms with Gasteiger partial charge in [0.05, 0.1) is 18.8 Å². The van der Waals surface area contributed by atoms with Gasteiger partial charge in [-0.25, -0.2) is 0 Å². The van der Waals surface area contributed by atoms with Crippen LogP contribution < -0.4 is 19.7 Å². The van der Waals surface area contributed by atoms with Crippen molar-refractivity contribution in [2.75, 3.05) is 18.6 Å². The summed E-state index contributed by atoms with van der Waals surface area (Å²) in [6.45, 7) is -0.0855. The quantitative estimate of drug-likeness (QED) is 0.570. The van der Waals surface area contributed by atoms with Crippen molar-refractivity contribution in [3.63, 3.8) is 0 Å². The van der Waals surface area contributed by atoms with Crippen LogP contribution in [0.15, 0.2) is 78.6 Å². The minimum absolute atomic E-state index is 0.0434. The molecule has 1 aliphatic heterocycles. The van der Waals surface area contributed by atoms with Crippen LogP contribution in [0.4, 0.5) is 5.69 Å². The molecule has 6 nitrogen and oxygen atoms in total. The van der Waals surface area contributed by atoms with E-state index in [9.17, 15) is 9.59 Å². The molecule has 6 heteroatoms. The monoisotopic (exact) mass is 454 g/mol. The lowest BCUT2D eigenvalue weighted by atomic mass is 9.88. The van der Waals surface area contributed by atoms with Crippen LogP contribution >= 0.6 is 0 Å². The van der Waals surface area contributed by atoms with Gasteiger partial charge in [0.2, 0.25) is 5.91 Å². The van der Waals surface area contributed by atoms with Crippen LogP contribution in [0.25, 0.3) is 6.08 Å². The summed E-state index contributed by atoms with van der Waals surface area (Å²) in [5.41, 5.74) is 3.82. The van der Waals surface area contributed by atoms with Crippen molar-refractivity contribution in [2.24, 2.45) is 0 Å². The molecule has 2 aliphatic rings. The number of anilines is 1. The Morgan fingerprint density at radius 3 is 2.68 bits per heavy atom. The predicted molar refractivity (Wildman–Crippen MR) is 131 cm³/mol. The molecule has 0 bridgehead atoms. The van der Waals surface area contributed by atoms with Crippen LogP contribution in [0.1, 0.15) is 35.6 Å². The van der Waals surface area contributed by atoms with E-state index in [1.165, 1.54) is 10.5 Å². The van der Waals surface area contributed by atoms with Gasteiger partial charge in [-0.05, 0) is 66.3 Å². The molecular formula is C28H26N2O4. The maximum atomic E-state index is 13.4. The number of rotatable bonds is 5. The zero-order valence-corrected chi connectivity index (χ0v) is 19.0. The van der Waals surface area contributed by atoms with E-state index in [0.717, 1.165) is 36.1 Å². The maximum absolute atomic E-state index is 13.4. The largest absolute Gasteiger partial charge is 0.497 e. The molecule has 0 spiro atoms. The van der Waals surface area contributed by atoms with Crippen molar-refractivity contribution < 1.29 is 19.1 Å². The third kappa shape index (κ3) is 4.39. The number of nitrogens with zero attached hydrogens (tertiary/aromatic N) is 1. The van der Waals surface area contributed by atoms with Crippen LogP contribution in [0, 0.1) is 0 Å². The number of methoxy groups -OCH3 is 1. The van der Waals surface area contributed by atoms with Gasteiger partial charge in [-0.1, -0.05) is 48.5 Å². The van der Waals surface area contributed by atoms with Gasteiger partial charge in [0.15, 0.2) is 11.5 Å². The van der Waals surface area contributed by atoms with Gasteiger partial charge in [0, 0.05) is 0 Å². The molecule has 0 saturated carbocycles. The number of para-hydroxylation sites is 2. The maximum Gasteiger partial charge on any atom is 0.294 e. The standard InChI is InChI=1S/C28H26N2O4/c1-33-21-15-13-19(14-16-21)17-26-28(32)30(24-11-4-5-12-25(24)34-26)18-27(31)29-23-10-6-8-20-7-2-3-9-22(20)23/h2-5,7,9,11-17,23H,6,8,10,18H2,1H3,(H,29,31)/b26-17+/t23-/m0/s1. The van der Waals surface area contributed by atoms with E-state index in [1.54, 1.807) is 25.3 Å². The molecule has 34 heavy (non-hydrogen) atoms. The molecular weight excluding hydrogens is 428 g/mol. The fourth-order valence-electron chi connectivity index (χ4n) is 4.56. The summed E-state index contributed by atoms with van der Waals surface area (Å²) in [7, 11) is 1.60. The van der Waals surface area contributed by atoms with Gasteiger partial charge in [-0.15, -0.1) is 0 Å². The summed E-state index contributed by atoms with van der Waals surface area (Å²) in [6.07, 6.45) is 4.62. The Hall–Kier alpha value is -4.06. The fraction of sp³-hybridized carbons (Fsp3) is 0.214. The number of amides is 2. The fourth-order valence-corrected chi connectivity index (χ4v) is 4.56. The Balaban J connectivity index is 1.38. The molecule has 172 valence electrons. The molecule has 2 amide bonds. The number of nitrogens with one attached hydrogen (secondary N) is 1. The molecule has 1 N–H and O–H groups in total. The van der Waals surface area contributed by atoms with Gasteiger partial charge in [-0.2, -0.15) is 0 Å². The van der Waals surface area contributed by atoms with Gasteiger partial charge >= 0.3 is 0 Å². The molecule has 0 radical (unpaired) electrons. The number of benzene rings is 3. The van der Waals surface area contributed by atoms with Crippen molar-refractivity contribution >= 4 is 23.6 Å². The average Bonchev–Trinajstić information content (AvgIpc) is 2.87. The average molecular weight is 455 g/mol. The highest BCUT2D eigenvalue weighted by Crippen LogP contribution is 2.36. The smallest absolute Gasteiger partial charge is 0.294 e. The van der Waals surface area contributed by atoms with Gasteiger partial charge in [0.1, 0.15) is 12.3 Å². The van der Waals surface area contributed by atoms with E-state index < -0.39 is 0 Å². The summed E-state index contributed by atoms with van der Waals surface area (Å²) in [4.78, 5) is 28.0. The molecule has 1 atom stereocenters. The lowest BCUT2D eigenvalue weighted by Gasteiger charge is -2.31. The Morgan fingerprint density at radius 2 is 1.85 bits per heavy atom. The lowest BCUT2D eigenvalue weighted by molar-refractivity contribution is -0.124. The molecule has 3 aromatic rings. The van der Waals surface area contributed by atoms with Crippen LogP contribution in [-0.2, 0) is 16.0 Å². The first-order valence-corrected chi connectivity index (χ1v) is 11.4. The number of fused-ring (bicyclic) bond motifs is 2. The molecule has 1 aliphatic carbocycles. The van der Waals surface area contributed by atoms with Crippen molar-refractivity contribution in [3.8, 4) is 11.5 Å². The molecule has 0 fully saturated rings. The SMILES string of the molecule is COc1ccc(/C=C2/Oc3ccccc3N(CC(=O)N[C@H]3CCCc4ccccc43)C2=O)cc1. The Bertz CT molecular complexity index is 1250. The third-order valence-corrected chi connectivity index (χ3v) is 6.25. The second-order valence-electron chi connectivity index (χ2n) is 8.45. The lowest BCUT2D eigenvalue weighted by Crippen LogP contribution is -2.45. The number of carbonyl (C=O) groups excluding carboxylic acids is 2. The first-order valence-electron chi connectivity index (χ1n) is 11.4. The first-order chi connectivity index (χ1) is 16.6. The van der Waals surface area contributed by atoms with Gasteiger partial charge < -0.3 is 14.8 Å². The van der Waals surface area contributed by atoms with Crippen molar-refractivity contribution in [2.45, 2.75) is 25.3 Å². The van der Waals surface area contributed by atoms with E-state index in [-0.39, 0.29) is 30.2 Å². The van der Waals surface area contributed by atoms with E-state index >= 15 is 0 Å². The second kappa shape index (κ2) is 9.43. The van der Waals surface area contributed by atoms with Gasteiger partial charge in [0.25, 0.3) is 5.91 Å². The van der Waals surface area contributed by atoms with Crippen molar-refractivity contribution in [1.82, 2.24) is 5.32 Å². The predicted octanol–water partition coefficient (Wildman–Crippen LogP) is 4.66. The Kier molecular flexibility index (Phi) is 6.04. The molecule has 0 aromatic heterocycles. The number of aryl methyl sites for hydroxylation is 1. The van der Waals surface area contributed by atoms with Crippen molar-refractivity contribution in [3.05, 3.63) is 95.2 Å². The highest BCUT2D eigenvalue weighted by atomic mass is 16.5. The highest BCUT2D eigenvalue weighted by Gasteiger charge is 2.32. The summed E-state index contributed by atoms with van der Waals surface area (Å²) in [5.74, 6) is 0.882. The van der Waals surface area contributed by atoms with Crippen LogP contribution in [0.2, 0.25) is 0 Å². The molecule has 0 unspecified atom stereocenters. The molecule has 3 aromatic carbocycles. The summed E-state index contributed by atoms with van der Waals surface area (Å²) in [5, 5.41) is 3.14. The number of hydrogen-bond acceptors (Lipinski definition) is 4. The van der Waals surface area contributed by atoms with Crippen LogP contribution in [0.5, 0.6) is 11.5 Å². The summed E-state index contributed by atoms with van der Waals surface area (Å²) in [6, 6.07) is 22.8. The zero-order valence-electron chi connectivity index (χ0n) is 19.0. The van der Waals surface area contributed by atoms with Crippen molar-refractivity contribution in [1.29, 1.82) is 0 Å². The van der Waals surface area contributed by atoms with Crippen LogP contribution in [0.3, 0.4) is 0 Å². The number of ether oxygens (including phenoxy) is 2.